The zero-order valence-corrected chi connectivity index (χ0v) is 13.8. The maximum absolute atomic E-state index is 4.29. The molecule has 0 aliphatic rings. The van der Waals surface area contributed by atoms with Crippen LogP contribution in [0.3, 0.4) is 0 Å². The molecule has 21 heavy (non-hydrogen) atoms. The minimum Gasteiger partial charge on any atom is -0.314 e. The number of benzene rings is 1. The van der Waals surface area contributed by atoms with Crippen LogP contribution in [-0.2, 0) is 13.1 Å². The van der Waals surface area contributed by atoms with Gasteiger partial charge in [0.05, 0.1) is 6.54 Å². The monoisotopic (exact) mass is 286 g/mol. The molecule has 0 aliphatic carbocycles. The summed E-state index contributed by atoms with van der Waals surface area (Å²) in [6.45, 7) is 12.5. The van der Waals surface area contributed by atoms with Gasteiger partial charge in [0.25, 0.3) is 0 Å². The molecule has 0 fully saturated rings. The van der Waals surface area contributed by atoms with E-state index in [-0.39, 0.29) is 0 Å². The average Bonchev–Trinajstić information content (AvgIpc) is 2.81. The Kier molecular flexibility index (Phi) is 5.12. The first kappa shape index (κ1) is 15.7. The number of hydrogen-bond donors (Lipinski definition) is 1. The highest BCUT2D eigenvalue weighted by Crippen LogP contribution is 2.20. The van der Waals surface area contributed by atoms with Gasteiger partial charge < -0.3 is 9.88 Å². The third-order valence-electron chi connectivity index (χ3n) is 4.14. The molecular formula is C17H26N4. The molecule has 1 aromatic heterocycles. The molecule has 0 bridgehead atoms. The minimum absolute atomic E-state index is 0.303. The Morgan fingerprint density at radius 2 is 1.95 bits per heavy atom. The first-order chi connectivity index (χ1) is 10.0. The van der Waals surface area contributed by atoms with Crippen LogP contribution in [0.25, 0.3) is 0 Å². The number of nitrogens with one attached hydrogen (secondary N) is 1. The van der Waals surface area contributed by atoms with Crippen molar-refractivity contribution in [1.82, 2.24) is 20.1 Å². The van der Waals surface area contributed by atoms with Crippen molar-refractivity contribution in [2.24, 2.45) is 0 Å². The van der Waals surface area contributed by atoms with Crippen LogP contribution in [0.4, 0.5) is 0 Å². The number of rotatable bonds is 6. The fraction of sp³-hybridized carbons (Fsp3) is 0.529. The first-order valence-corrected chi connectivity index (χ1v) is 7.72. The quantitative estimate of drug-likeness (QED) is 0.884. The molecule has 114 valence electrons. The Labute approximate surface area is 127 Å². The van der Waals surface area contributed by atoms with Gasteiger partial charge in [-0.3, -0.25) is 0 Å². The molecule has 0 saturated heterocycles. The van der Waals surface area contributed by atoms with Crippen molar-refractivity contribution < 1.29 is 0 Å². The van der Waals surface area contributed by atoms with E-state index in [0.717, 1.165) is 31.2 Å². The van der Waals surface area contributed by atoms with Gasteiger partial charge in [-0.15, -0.1) is 10.2 Å². The van der Waals surface area contributed by atoms with Crippen LogP contribution in [0, 0.1) is 20.8 Å². The summed E-state index contributed by atoms with van der Waals surface area (Å²) < 4.78 is 2.20. The fourth-order valence-corrected chi connectivity index (χ4v) is 2.67. The second-order valence-electron chi connectivity index (χ2n) is 5.71. The molecule has 2 rings (SSSR count). The second-order valence-corrected chi connectivity index (χ2v) is 5.71. The molecule has 4 heteroatoms. The molecule has 2 aromatic rings. The third kappa shape index (κ3) is 3.50. The van der Waals surface area contributed by atoms with E-state index in [1.54, 1.807) is 0 Å². The lowest BCUT2D eigenvalue weighted by Gasteiger charge is -2.18. The van der Waals surface area contributed by atoms with Crippen LogP contribution in [0.1, 0.15) is 54.6 Å². The van der Waals surface area contributed by atoms with Crippen LogP contribution in [0.2, 0.25) is 0 Å². The van der Waals surface area contributed by atoms with E-state index in [4.69, 9.17) is 0 Å². The molecule has 1 heterocycles. The Balaban J connectivity index is 2.07. The van der Waals surface area contributed by atoms with Crippen molar-refractivity contribution in [1.29, 1.82) is 0 Å². The highest BCUT2D eigenvalue weighted by atomic mass is 15.3. The highest BCUT2D eigenvalue weighted by Gasteiger charge is 2.12. The van der Waals surface area contributed by atoms with Gasteiger partial charge in [-0.05, 0) is 50.8 Å². The summed E-state index contributed by atoms with van der Waals surface area (Å²) in [5.41, 5.74) is 4.06. The van der Waals surface area contributed by atoms with E-state index >= 15 is 0 Å². The van der Waals surface area contributed by atoms with E-state index < -0.39 is 0 Å². The van der Waals surface area contributed by atoms with Crippen molar-refractivity contribution in [3.63, 3.8) is 0 Å². The molecule has 1 aromatic carbocycles. The number of aromatic nitrogens is 3. The first-order valence-electron chi connectivity index (χ1n) is 7.72. The Morgan fingerprint density at radius 3 is 2.67 bits per heavy atom. The van der Waals surface area contributed by atoms with Crippen LogP contribution in [-0.4, -0.2) is 14.8 Å². The van der Waals surface area contributed by atoms with Gasteiger partial charge in [-0.1, -0.05) is 25.1 Å². The van der Waals surface area contributed by atoms with Gasteiger partial charge in [0.1, 0.15) is 11.6 Å². The lowest BCUT2D eigenvalue weighted by Crippen LogP contribution is -2.22. The molecule has 0 unspecified atom stereocenters. The summed E-state index contributed by atoms with van der Waals surface area (Å²) in [6.07, 6.45) is 1.10. The summed E-state index contributed by atoms with van der Waals surface area (Å²) in [7, 11) is 0. The van der Waals surface area contributed by atoms with Crippen molar-refractivity contribution >= 4 is 0 Å². The molecule has 0 amide bonds. The lowest BCUT2D eigenvalue weighted by atomic mass is 9.98. The van der Waals surface area contributed by atoms with E-state index in [2.05, 4.69) is 66.0 Å². The zero-order valence-electron chi connectivity index (χ0n) is 13.8. The smallest absolute Gasteiger partial charge is 0.147 e. The molecule has 0 aliphatic heterocycles. The minimum atomic E-state index is 0.303. The molecule has 1 N–H and O–H groups in total. The highest BCUT2D eigenvalue weighted by molar-refractivity contribution is 5.35. The number of hydrogen-bond acceptors (Lipinski definition) is 3. The Hall–Kier alpha value is -1.68. The number of aryl methyl sites for hydroxylation is 2. The maximum Gasteiger partial charge on any atom is 0.147 e. The summed E-state index contributed by atoms with van der Waals surface area (Å²) in [4.78, 5) is 0. The SMILES string of the molecule is CCCn1c(C)nnc1CN[C@@H](C)c1cccc(C)c1C. The van der Waals surface area contributed by atoms with Gasteiger partial charge in [0.15, 0.2) is 0 Å². The fourth-order valence-electron chi connectivity index (χ4n) is 2.67. The Bertz CT molecular complexity index is 601. The summed E-state index contributed by atoms with van der Waals surface area (Å²) in [5, 5.41) is 12.1. The van der Waals surface area contributed by atoms with Crippen LogP contribution >= 0.6 is 0 Å². The van der Waals surface area contributed by atoms with Gasteiger partial charge >= 0.3 is 0 Å². The Morgan fingerprint density at radius 1 is 1.19 bits per heavy atom. The average molecular weight is 286 g/mol. The van der Waals surface area contributed by atoms with E-state index in [9.17, 15) is 0 Å². The van der Waals surface area contributed by atoms with Crippen molar-refractivity contribution in [2.45, 2.75) is 60.2 Å². The van der Waals surface area contributed by atoms with E-state index in [1.807, 2.05) is 6.92 Å². The van der Waals surface area contributed by atoms with Gasteiger partial charge in [-0.25, -0.2) is 0 Å². The predicted molar refractivity (Wildman–Crippen MR) is 86.2 cm³/mol. The van der Waals surface area contributed by atoms with Crippen LogP contribution in [0.15, 0.2) is 18.2 Å². The van der Waals surface area contributed by atoms with Gasteiger partial charge in [0, 0.05) is 12.6 Å². The molecule has 0 radical (unpaired) electrons. The summed E-state index contributed by atoms with van der Waals surface area (Å²) in [6, 6.07) is 6.78. The summed E-state index contributed by atoms with van der Waals surface area (Å²) in [5.74, 6) is 2.01. The maximum atomic E-state index is 4.29. The topological polar surface area (TPSA) is 42.7 Å². The van der Waals surface area contributed by atoms with Crippen molar-refractivity contribution in [2.75, 3.05) is 0 Å². The lowest BCUT2D eigenvalue weighted by molar-refractivity contribution is 0.527. The normalized spacial score (nSPS) is 12.6. The van der Waals surface area contributed by atoms with Gasteiger partial charge in [0.2, 0.25) is 0 Å². The van der Waals surface area contributed by atoms with E-state index in [1.165, 1.54) is 16.7 Å². The second kappa shape index (κ2) is 6.85. The third-order valence-corrected chi connectivity index (χ3v) is 4.14. The largest absolute Gasteiger partial charge is 0.314 e. The predicted octanol–water partition coefficient (Wildman–Crippen LogP) is 3.46. The van der Waals surface area contributed by atoms with E-state index in [0.29, 0.717) is 6.04 Å². The zero-order chi connectivity index (χ0) is 15.4. The van der Waals surface area contributed by atoms with Gasteiger partial charge in [-0.2, -0.15) is 0 Å². The number of nitrogens with zero attached hydrogens (tertiary/aromatic N) is 3. The van der Waals surface area contributed by atoms with Crippen LogP contribution < -0.4 is 5.32 Å². The standard InChI is InChI=1S/C17H26N4/c1-6-10-21-15(5)19-20-17(21)11-18-14(4)16-9-7-8-12(2)13(16)3/h7-9,14,18H,6,10-11H2,1-5H3/t14-/m0/s1. The molecule has 0 spiro atoms. The summed E-state index contributed by atoms with van der Waals surface area (Å²) >= 11 is 0. The van der Waals surface area contributed by atoms with Crippen molar-refractivity contribution in [3.8, 4) is 0 Å². The van der Waals surface area contributed by atoms with Crippen LogP contribution in [0.5, 0.6) is 0 Å². The molecule has 4 nitrogen and oxygen atoms in total. The molecule has 1 atom stereocenters. The molecule has 0 saturated carbocycles. The van der Waals surface area contributed by atoms with Crippen molar-refractivity contribution in [3.05, 3.63) is 46.5 Å². The molecular weight excluding hydrogens is 260 g/mol.